The summed E-state index contributed by atoms with van der Waals surface area (Å²) in [5, 5.41) is 0. The van der Waals surface area contributed by atoms with Gasteiger partial charge in [-0.05, 0) is 29.3 Å². The lowest BCUT2D eigenvalue weighted by Gasteiger charge is -2.08. The van der Waals surface area contributed by atoms with Gasteiger partial charge < -0.3 is 5.73 Å². The molecule has 0 radical (unpaired) electrons. The predicted molar refractivity (Wildman–Crippen MR) is 74.7 cm³/mol. The molecule has 2 aromatic carbocycles. The van der Waals surface area contributed by atoms with Crippen LogP contribution in [-0.2, 0) is 23.1 Å². The summed E-state index contributed by atoms with van der Waals surface area (Å²) in [6.07, 6.45) is 0. The van der Waals surface area contributed by atoms with Crippen molar-refractivity contribution < 1.29 is 17.2 Å². The summed E-state index contributed by atoms with van der Waals surface area (Å²) < 4.78 is 52.7. The summed E-state index contributed by atoms with van der Waals surface area (Å²) in [5.74, 6) is -1.81. The predicted octanol–water partition coefficient (Wildman–Crippen LogP) is 1.90. The first kappa shape index (κ1) is 15.6. The normalized spacial score (nSPS) is 11.6. The number of hydrogen-bond acceptors (Lipinski definition) is 3. The highest BCUT2D eigenvalue weighted by Gasteiger charge is 2.19. The second kappa shape index (κ2) is 6.30. The summed E-state index contributed by atoms with van der Waals surface area (Å²) in [5.41, 5.74) is 7.06. The monoisotopic (exact) mass is 312 g/mol. The molecular weight excluding hydrogens is 298 g/mol. The molecule has 3 N–H and O–H groups in total. The zero-order chi connectivity index (χ0) is 15.5. The van der Waals surface area contributed by atoms with Crippen molar-refractivity contribution >= 4 is 10.0 Å². The van der Waals surface area contributed by atoms with E-state index in [9.17, 15) is 17.2 Å². The molecule has 112 valence electrons. The molecule has 0 fully saturated rings. The van der Waals surface area contributed by atoms with Gasteiger partial charge in [-0.3, -0.25) is 0 Å². The lowest BCUT2D eigenvalue weighted by Crippen LogP contribution is -2.24. The molecule has 7 heteroatoms. The Bertz CT molecular complexity index is 731. The van der Waals surface area contributed by atoms with Crippen LogP contribution in [0.1, 0.15) is 11.1 Å². The van der Waals surface area contributed by atoms with E-state index in [4.69, 9.17) is 5.73 Å². The van der Waals surface area contributed by atoms with Crippen LogP contribution in [0.25, 0.3) is 0 Å². The van der Waals surface area contributed by atoms with E-state index in [0.29, 0.717) is 18.2 Å². The Hall–Kier alpha value is -1.83. The number of rotatable bonds is 5. The number of benzene rings is 2. The molecule has 0 atom stereocenters. The first-order valence-electron chi connectivity index (χ1n) is 6.15. The number of sulfonamides is 1. The van der Waals surface area contributed by atoms with Crippen molar-refractivity contribution in [3.63, 3.8) is 0 Å². The SMILES string of the molecule is NCc1ccc(CNS(=O)(=O)c2cc(F)ccc2F)cc1. The van der Waals surface area contributed by atoms with Crippen LogP contribution in [0.15, 0.2) is 47.4 Å². The van der Waals surface area contributed by atoms with E-state index in [1.54, 1.807) is 24.3 Å². The van der Waals surface area contributed by atoms with Crippen molar-refractivity contribution in [2.45, 2.75) is 18.0 Å². The Morgan fingerprint density at radius 2 is 1.62 bits per heavy atom. The molecule has 0 unspecified atom stereocenters. The van der Waals surface area contributed by atoms with Gasteiger partial charge in [0.15, 0.2) is 0 Å². The van der Waals surface area contributed by atoms with Gasteiger partial charge in [-0.1, -0.05) is 24.3 Å². The highest BCUT2D eigenvalue weighted by molar-refractivity contribution is 7.89. The van der Waals surface area contributed by atoms with Gasteiger partial charge in [-0.25, -0.2) is 21.9 Å². The van der Waals surface area contributed by atoms with Crippen LogP contribution in [0.5, 0.6) is 0 Å². The second-order valence-electron chi connectivity index (χ2n) is 4.42. The highest BCUT2D eigenvalue weighted by Crippen LogP contribution is 2.16. The topological polar surface area (TPSA) is 72.2 Å². The number of nitrogens with two attached hydrogens (primary N) is 1. The molecule has 4 nitrogen and oxygen atoms in total. The van der Waals surface area contributed by atoms with Crippen molar-refractivity contribution in [1.82, 2.24) is 4.72 Å². The third kappa shape index (κ3) is 3.84. The maximum atomic E-state index is 13.5. The van der Waals surface area contributed by atoms with E-state index in [-0.39, 0.29) is 6.54 Å². The Morgan fingerprint density at radius 3 is 2.24 bits per heavy atom. The third-order valence-corrected chi connectivity index (χ3v) is 4.32. The molecule has 0 saturated heterocycles. The summed E-state index contributed by atoms with van der Waals surface area (Å²) in [6.45, 7) is 0.365. The maximum absolute atomic E-state index is 13.5. The molecule has 2 rings (SSSR count). The molecule has 0 spiro atoms. The zero-order valence-electron chi connectivity index (χ0n) is 11.0. The van der Waals surface area contributed by atoms with Crippen LogP contribution in [0.2, 0.25) is 0 Å². The van der Waals surface area contributed by atoms with Gasteiger partial charge in [0.05, 0.1) is 0 Å². The van der Waals surface area contributed by atoms with Gasteiger partial charge in [-0.15, -0.1) is 0 Å². The molecule has 21 heavy (non-hydrogen) atoms. The first-order valence-corrected chi connectivity index (χ1v) is 7.63. The minimum atomic E-state index is -4.12. The fourth-order valence-corrected chi connectivity index (χ4v) is 2.84. The van der Waals surface area contributed by atoms with Crippen molar-refractivity contribution in [3.05, 3.63) is 65.2 Å². The summed E-state index contributed by atoms with van der Waals surface area (Å²) >= 11 is 0. The lowest BCUT2D eigenvalue weighted by molar-refractivity contribution is 0.545. The van der Waals surface area contributed by atoms with Gasteiger partial charge in [0, 0.05) is 13.1 Å². The Morgan fingerprint density at radius 1 is 1.00 bits per heavy atom. The standard InChI is InChI=1S/C14H14F2N2O2S/c15-12-5-6-13(16)14(7-12)21(19,20)18-9-11-3-1-10(8-17)2-4-11/h1-7,18H,8-9,17H2. The first-order chi connectivity index (χ1) is 9.92. The molecule has 0 aromatic heterocycles. The Labute approximate surface area is 121 Å². The summed E-state index contributed by atoms with van der Waals surface area (Å²) in [7, 11) is -4.12. The summed E-state index contributed by atoms with van der Waals surface area (Å²) in [4.78, 5) is -0.707. The van der Waals surface area contributed by atoms with Crippen LogP contribution in [-0.4, -0.2) is 8.42 Å². The number of nitrogens with one attached hydrogen (secondary N) is 1. The molecule has 0 heterocycles. The van der Waals surface area contributed by atoms with Gasteiger partial charge in [0.25, 0.3) is 0 Å². The van der Waals surface area contributed by atoms with E-state index in [1.165, 1.54) is 0 Å². The molecule has 0 aliphatic heterocycles. The van der Waals surface area contributed by atoms with E-state index in [0.717, 1.165) is 17.7 Å². The molecule has 0 aliphatic carbocycles. The maximum Gasteiger partial charge on any atom is 0.243 e. The van der Waals surface area contributed by atoms with Gasteiger partial charge in [0.1, 0.15) is 16.5 Å². The molecule has 0 saturated carbocycles. The molecule has 0 bridgehead atoms. The van der Waals surface area contributed by atoms with Gasteiger partial charge in [0.2, 0.25) is 10.0 Å². The molecule has 2 aromatic rings. The Balaban J connectivity index is 2.15. The van der Waals surface area contributed by atoms with Crippen LogP contribution < -0.4 is 10.5 Å². The van der Waals surface area contributed by atoms with Crippen molar-refractivity contribution in [1.29, 1.82) is 0 Å². The lowest BCUT2D eigenvalue weighted by atomic mass is 10.1. The van der Waals surface area contributed by atoms with E-state index < -0.39 is 26.6 Å². The average molecular weight is 312 g/mol. The molecular formula is C14H14F2N2O2S. The molecule has 0 aliphatic rings. The van der Waals surface area contributed by atoms with Crippen molar-refractivity contribution in [2.75, 3.05) is 0 Å². The van der Waals surface area contributed by atoms with Crippen LogP contribution >= 0.6 is 0 Å². The number of halogens is 2. The average Bonchev–Trinajstić information content (AvgIpc) is 2.48. The Kier molecular flexibility index (Phi) is 4.66. The van der Waals surface area contributed by atoms with Crippen LogP contribution in [0.3, 0.4) is 0 Å². The quantitative estimate of drug-likeness (QED) is 0.886. The zero-order valence-corrected chi connectivity index (χ0v) is 11.8. The molecule has 0 amide bonds. The van der Waals surface area contributed by atoms with Gasteiger partial charge in [-0.2, -0.15) is 0 Å². The van der Waals surface area contributed by atoms with Gasteiger partial charge >= 0.3 is 0 Å². The summed E-state index contributed by atoms with van der Waals surface area (Å²) in [6, 6.07) is 9.26. The number of hydrogen-bond donors (Lipinski definition) is 2. The van der Waals surface area contributed by atoms with Crippen molar-refractivity contribution in [3.8, 4) is 0 Å². The fraction of sp³-hybridized carbons (Fsp3) is 0.143. The highest BCUT2D eigenvalue weighted by atomic mass is 32.2. The fourth-order valence-electron chi connectivity index (χ4n) is 1.73. The van der Waals surface area contributed by atoms with Crippen LogP contribution in [0.4, 0.5) is 8.78 Å². The van der Waals surface area contributed by atoms with Crippen LogP contribution in [0, 0.1) is 11.6 Å². The largest absolute Gasteiger partial charge is 0.326 e. The third-order valence-electron chi connectivity index (χ3n) is 2.91. The minimum Gasteiger partial charge on any atom is -0.326 e. The van der Waals surface area contributed by atoms with Crippen molar-refractivity contribution in [2.24, 2.45) is 5.73 Å². The smallest absolute Gasteiger partial charge is 0.243 e. The minimum absolute atomic E-state index is 0.0247. The van der Waals surface area contributed by atoms with E-state index in [2.05, 4.69) is 4.72 Å². The van der Waals surface area contributed by atoms with E-state index >= 15 is 0 Å². The second-order valence-corrected chi connectivity index (χ2v) is 6.16. The van der Waals surface area contributed by atoms with E-state index in [1.807, 2.05) is 0 Å².